The molecule has 0 radical (unpaired) electrons. The van der Waals surface area contributed by atoms with Gasteiger partial charge in [0.15, 0.2) is 0 Å². The third-order valence-electron chi connectivity index (χ3n) is 16.4. The molecule has 82 heavy (non-hydrogen) atoms. The monoisotopic (exact) mass is 1150 g/mol. The Balaban J connectivity index is 1.00. The molecule has 0 atom stereocenters. The van der Waals surface area contributed by atoms with Gasteiger partial charge in [-0.3, -0.25) is 0 Å². The van der Waals surface area contributed by atoms with Crippen molar-refractivity contribution in [2.75, 3.05) is 14.7 Å². The van der Waals surface area contributed by atoms with E-state index in [2.05, 4.69) is 0 Å². The number of benzene rings is 10. The van der Waals surface area contributed by atoms with Crippen LogP contribution in [0.3, 0.4) is 0 Å². The van der Waals surface area contributed by atoms with Crippen LogP contribution in [0.1, 0.15) is 5.56 Å². The quantitative estimate of drug-likeness (QED) is 0.126. The molecule has 6 aliphatic heterocycles. The highest BCUT2D eigenvalue weighted by atomic mass is 32.5. The normalized spacial score (nSPS) is 16.3. The molecule has 6 nitrogen and oxygen atoms in total. The van der Waals surface area contributed by atoms with Crippen molar-refractivity contribution in [2.24, 2.45) is 0 Å². The number of para-hydroxylation sites is 5. The molecule has 10 aromatic rings. The van der Waals surface area contributed by atoms with Crippen LogP contribution in [0.15, 0.2) is 210 Å². The average molecular weight is 1150 g/mol. The van der Waals surface area contributed by atoms with E-state index in [1.807, 2.05) is 90.7 Å². The summed E-state index contributed by atoms with van der Waals surface area (Å²) in [4.78, 5) is 0.558. The molecule has 16 rings (SSSR count). The van der Waals surface area contributed by atoms with Crippen molar-refractivity contribution in [3.63, 3.8) is 0 Å². The van der Waals surface area contributed by atoms with Crippen molar-refractivity contribution in [1.29, 1.82) is 0 Å². The molecule has 0 unspecified atom stereocenters. The maximum absolute atomic E-state index is 15.6. The van der Waals surface area contributed by atoms with Crippen LogP contribution >= 0.6 is 20.4 Å². The van der Waals surface area contributed by atoms with Crippen LogP contribution in [0.25, 0.3) is 0 Å². The van der Waals surface area contributed by atoms with Gasteiger partial charge >= 0.3 is 20.4 Å². The van der Waals surface area contributed by atoms with E-state index in [-0.39, 0.29) is 51.2 Å². The molecule has 0 aliphatic carbocycles. The SMILES string of the molecule is Cc1cc2c3c(c1)N(c1ccccc1)c1cc4c(cc1B3c1ccccc1O2)B1c2cc3c(cc2Oc2cc(S(F)(F)(F)(F)F)cc(c21)O4)N(c1ccccc1)c1cc(S(F)(F)(F)(F)F)cc2c1B3c1ccccc1N2c1ccccc1. The van der Waals surface area contributed by atoms with Crippen molar-refractivity contribution in [3.05, 3.63) is 206 Å². The molecule has 0 saturated heterocycles. The summed E-state index contributed by atoms with van der Waals surface area (Å²) >= 11 is 0. The van der Waals surface area contributed by atoms with Gasteiger partial charge in [-0.25, -0.2) is 0 Å². The summed E-state index contributed by atoms with van der Waals surface area (Å²) < 4.78 is 174. The van der Waals surface area contributed by atoms with Crippen LogP contribution in [0.4, 0.5) is 90.0 Å². The molecule has 0 aromatic heterocycles. The fraction of sp³-hybridized carbons (Fsp3) is 0.0164. The first kappa shape index (κ1) is 49.0. The zero-order valence-electron chi connectivity index (χ0n) is 42.4. The summed E-state index contributed by atoms with van der Waals surface area (Å²) in [5.41, 5.74) is 8.35. The van der Waals surface area contributed by atoms with Crippen molar-refractivity contribution in [2.45, 2.75) is 16.7 Å². The maximum Gasteiger partial charge on any atom is 0.310 e. The molecule has 0 spiro atoms. The first-order valence-electron chi connectivity index (χ1n) is 25.9. The number of hydrogen-bond donors (Lipinski definition) is 0. The van der Waals surface area contributed by atoms with E-state index in [9.17, 15) is 0 Å². The van der Waals surface area contributed by atoms with Crippen LogP contribution in [0.5, 0.6) is 34.5 Å². The third kappa shape index (κ3) is 7.17. The Morgan fingerprint density at radius 2 is 0.683 bits per heavy atom. The highest BCUT2D eigenvalue weighted by Crippen LogP contribution is 3.03. The molecule has 404 valence electrons. The Bertz CT molecular complexity index is 4540. The van der Waals surface area contributed by atoms with Gasteiger partial charge in [-0.1, -0.05) is 142 Å². The van der Waals surface area contributed by atoms with E-state index in [1.165, 1.54) is 11.0 Å². The van der Waals surface area contributed by atoms with Gasteiger partial charge < -0.3 is 28.9 Å². The summed E-state index contributed by atoms with van der Waals surface area (Å²) in [6.07, 6.45) is 0. The lowest BCUT2D eigenvalue weighted by Gasteiger charge is -2.47. The smallest absolute Gasteiger partial charge is 0.310 e. The molecule has 0 saturated carbocycles. The van der Waals surface area contributed by atoms with Gasteiger partial charge in [0.05, 0.1) is 0 Å². The number of ether oxygens (including phenoxy) is 3. The van der Waals surface area contributed by atoms with E-state index in [4.69, 9.17) is 14.2 Å². The van der Waals surface area contributed by atoms with Crippen LogP contribution in [-0.4, -0.2) is 20.1 Å². The zero-order valence-corrected chi connectivity index (χ0v) is 44.1. The molecule has 0 N–H and O–H groups in total. The van der Waals surface area contributed by atoms with Gasteiger partial charge in [-0.15, -0.1) is 0 Å². The predicted octanol–water partition coefficient (Wildman–Crippen LogP) is 14.5. The number of halogens is 10. The number of aryl methyl sites for hydroxylation is 1. The average Bonchev–Trinajstić information content (AvgIpc) is 3.40. The summed E-state index contributed by atoms with van der Waals surface area (Å²) in [6.45, 7) is -0.600. The number of rotatable bonds is 5. The molecule has 6 aliphatic rings. The lowest BCUT2D eigenvalue weighted by atomic mass is 9.29. The van der Waals surface area contributed by atoms with Crippen LogP contribution in [0, 0.1) is 6.92 Å². The number of nitrogens with zero attached hydrogens (tertiary/aromatic N) is 3. The van der Waals surface area contributed by atoms with E-state index >= 15 is 38.9 Å². The minimum atomic E-state index is -10.5. The Morgan fingerprint density at radius 1 is 0.293 bits per heavy atom. The zero-order chi connectivity index (χ0) is 56.3. The predicted molar refractivity (Wildman–Crippen MR) is 312 cm³/mol. The first-order chi connectivity index (χ1) is 38.8. The number of hydrogen-bond acceptors (Lipinski definition) is 6. The second-order valence-corrected chi connectivity index (χ2v) is 26.3. The fourth-order valence-corrected chi connectivity index (χ4v) is 14.6. The fourth-order valence-electron chi connectivity index (χ4n) is 13.2. The van der Waals surface area contributed by atoms with Gasteiger partial charge in [-0.2, -0.15) is 0 Å². The topological polar surface area (TPSA) is 37.4 Å². The van der Waals surface area contributed by atoms with E-state index < -0.39 is 61.9 Å². The van der Waals surface area contributed by atoms with Crippen LogP contribution in [0.2, 0.25) is 0 Å². The molecule has 6 heterocycles. The second kappa shape index (κ2) is 15.0. The Kier molecular flexibility index (Phi) is 8.97. The van der Waals surface area contributed by atoms with E-state index in [0.29, 0.717) is 68.6 Å². The first-order valence-corrected chi connectivity index (χ1v) is 29.8. The second-order valence-electron chi connectivity index (χ2n) is 21.5. The Hall–Kier alpha value is -8.81. The Labute approximate surface area is 463 Å². The van der Waals surface area contributed by atoms with E-state index in [1.54, 1.807) is 95.9 Å². The van der Waals surface area contributed by atoms with Gasteiger partial charge in [0, 0.05) is 80.9 Å². The lowest BCUT2D eigenvalue weighted by molar-refractivity contribution is 0.359. The maximum atomic E-state index is 15.6. The van der Waals surface area contributed by atoms with Crippen molar-refractivity contribution in [1.82, 2.24) is 0 Å². The van der Waals surface area contributed by atoms with Gasteiger partial charge in [-0.05, 0) is 129 Å². The van der Waals surface area contributed by atoms with Crippen LogP contribution < -0.4 is 78.1 Å². The van der Waals surface area contributed by atoms with Crippen molar-refractivity contribution < 1.29 is 53.1 Å². The van der Waals surface area contributed by atoms with Crippen molar-refractivity contribution >= 4 is 141 Å². The minimum absolute atomic E-state index is 0.0296. The minimum Gasteiger partial charge on any atom is -0.458 e. The van der Waals surface area contributed by atoms with E-state index in [0.717, 1.165) is 33.3 Å². The summed E-state index contributed by atoms with van der Waals surface area (Å²) in [7, 11) is -21.0. The number of anilines is 9. The molecular formula is C61H36B3F10N3O3S2. The molecule has 0 fully saturated rings. The van der Waals surface area contributed by atoms with Gasteiger partial charge in [0.2, 0.25) is 0 Å². The summed E-state index contributed by atoms with van der Waals surface area (Å²) in [6, 6.07) is 53.1. The molecule has 21 heteroatoms. The highest BCUT2D eigenvalue weighted by Gasteiger charge is 2.67. The highest BCUT2D eigenvalue weighted by molar-refractivity contribution is 8.46. The standard InChI is InChI=1S/C61H36B3F10N3O3S2/c1-35-25-50-60-56(26-35)78-53-24-14-12-22-42(53)63(60)44-32-46-55(34-49(44)76(50)37-17-7-3-8-18-37)80-58-30-40(82(70,71,72,73)74)29-57-61(58)64(46)45-31-43-48(33-54(45)79-57)77(38-19-9-4-10-20-38)52-28-39(81(65,66,67,68)69)27-51-59(52)62(43)41-21-11-13-23-47(41)75(51)36-15-5-2-6-16-36/h2-34H,1H3. The largest absolute Gasteiger partial charge is 0.458 e. The molecule has 10 aromatic carbocycles. The third-order valence-corrected chi connectivity index (χ3v) is 18.7. The Morgan fingerprint density at radius 3 is 1.20 bits per heavy atom. The molecule has 0 bridgehead atoms. The number of fused-ring (bicyclic) bond motifs is 12. The molecular weight excluding hydrogens is 1110 g/mol. The van der Waals surface area contributed by atoms with Crippen LogP contribution in [-0.2, 0) is 0 Å². The van der Waals surface area contributed by atoms with Gasteiger partial charge in [0.25, 0.3) is 20.1 Å². The summed E-state index contributed by atoms with van der Waals surface area (Å²) in [5.74, 6) is 0.0445. The lowest BCUT2D eigenvalue weighted by Crippen LogP contribution is -2.65. The van der Waals surface area contributed by atoms with Gasteiger partial charge in [0.1, 0.15) is 44.3 Å². The molecule has 0 amide bonds. The summed E-state index contributed by atoms with van der Waals surface area (Å²) in [5, 5.41) is 0. The van der Waals surface area contributed by atoms with Crippen molar-refractivity contribution in [3.8, 4) is 34.5 Å².